The van der Waals surface area contributed by atoms with Crippen molar-refractivity contribution in [3.8, 4) is 17.6 Å². The topological polar surface area (TPSA) is 33.0 Å². The number of hydrogen-bond acceptors (Lipinski definition) is 2. The van der Waals surface area contributed by atoms with Gasteiger partial charge in [-0.05, 0) is 46.3 Å². The number of benzene rings is 2. The minimum Gasteiger partial charge on any atom is -0.453 e. The molecule has 0 aromatic heterocycles. The van der Waals surface area contributed by atoms with Crippen LogP contribution < -0.4 is 4.74 Å². The smallest absolute Gasteiger partial charge is 0.165 e. The molecule has 0 saturated carbocycles. The molecule has 2 nitrogen and oxygen atoms in total. The van der Waals surface area contributed by atoms with Crippen LogP contribution in [0.2, 0.25) is 0 Å². The molecule has 0 radical (unpaired) electrons. The molecule has 0 saturated heterocycles. The van der Waals surface area contributed by atoms with E-state index >= 15 is 0 Å². The molecule has 0 amide bonds. The van der Waals surface area contributed by atoms with Crippen LogP contribution in [0.4, 0.5) is 4.39 Å². The molecule has 90 valence electrons. The fourth-order valence-corrected chi connectivity index (χ4v) is 2.15. The highest BCUT2D eigenvalue weighted by atomic mass is 79.9. The Morgan fingerprint density at radius 2 is 1.89 bits per heavy atom. The Kier molecular flexibility index (Phi) is 4.00. The molecule has 0 aliphatic heterocycles. The molecule has 2 aromatic rings. The van der Waals surface area contributed by atoms with Crippen LogP contribution in [0.15, 0.2) is 45.3 Å². The fourth-order valence-electron chi connectivity index (χ4n) is 1.37. The van der Waals surface area contributed by atoms with Gasteiger partial charge in [-0.2, -0.15) is 5.26 Å². The van der Waals surface area contributed by atoms with Gasteiger partial charge in [-0.15, -0.1) is 0 Å². The van der Waals surface area contributed by atoms with Crippen molar-refractivity contribution in [2.75, 3.05) is 0 Å². The maximum absolute atomic E-state index is 13.6. The predicted molar refractivity (Wildman–Crippen MR) is 73.0 cm³/mol. The Hall–Kier alpha value is -1.38. The molecule has 5 heteroatoms. The highest BCUT2D eigenvalue weighted by Crippen LogP contribution is 2.32. The summed E-state index contributed by atoms with van der Waals surface area (Å²) < 4.78 is 20.3. The van der Waals surface area contributed by atoms with Crippen molar-refractivity contribution < 1.29 is 9.13 Å². The van der Waals surface area contributed by atoms with Gasteiger partial charge in [0.15, 0.2) is 11.6 Å². The Labute approximate surface area is 120 Å². The van der Waals surface area contributed by atoms with Gasteiger partial charge in [-0.3, -0.25) is 0 Å². The zero-order chi connectivity index (χ0) is 13.1. The summed E-state index contributed by atoms with van der Waals surface area (Å²) in [5, 5.41) is 9.04. The molecule has 0 atom stereocenters. The third-order valence-electron chi connectivity index (χ3n) is 2.20. The first kappa shape index (κ1) is 13.1. The Bertz CT molecular complexity index is 637. The van der Waals surface area contributed by atoms with E-state index in [1.807, 2.05) is 6.07 Å². The summed E-state index contributed by atoms with van der Waals surface area (Å²) in [4.78, 5) is 0. The second-order valence-corrected chi connectivity index (χ2v) is 5.17. The highest BCUT2D eigenvalue weighted by Gasteiger charge is 2.11. The maximum atomic E-state index is 13.6. The van der Waals surface area contributed by atoms with Crippen LogP contribution in [0, 0.1) is 17.1 Å². The average Bonchev–Trinajstić information content (AvgIpc) is 2.34. The van der Waals surface area contributed by atoms with E-state index in [4.69, 9.17) is 10.00 Å². The highest BCUT2D eigenvalue weighted by molar-refractivity contribution is 9.10. The van der Waals surface area contributed by atoms with Crippen LogP contribution in [0.25, 0.3) is 0 Å². The molecular formula is C13H6Br2FNO. The van der Waals surface area contributed by atoms with Crippen molar-refractivity contribution in [2.45, 2.75) is 0 Å². The Balaban J connectivity index is 2.44. The molecule has 0 heterocycles. The molecule has 2 rings (SSSR count). The van der Waals surface area contributed by atoms with Crippen LogP contribution in [0.5, 0.6) is 11.5 Å². The van der Waals surface area contributed by atoms with Gasteiger partial charge in [0, 0.05) is 8.95 Å². The van der Waals surface area contributed by atoms with E-state index in [1.54, 1.807) is 24.3 Å². The van der Waals surface area contributed by atoms with Crippen molar-refractivity contribution in [1.29, 1.82) is 5.26 Å². The lowest BCUT2D eigenvalue weighted by Crippen LogP contribution is -1.92. The molecule has 0 spiro atoms. The van der Waals surface area contributed by atoms with E-state index in [2.05, 4.69) is 31.9 Å². The van der Waals surface area contributed by atoms with Crippen LogP contribution in [0.3, 0.4) is 0 Å². The van der Waals surface area contributed by atoms with Gasteiger partial charge in [-0.25, -0.2) is 4.39 Å². The van der Waals surface area contributed by atoms with E-state index in [9.17, 15) is 4.39 Å². The lowest BCUT2D eigenvalue weighted by Gasteiger charge is -2.09. The number of nitrogens with zero attached hydrogens (tertiary/aromatic N) is 1. The minimum atomic E-state index is -0.484. The molecular weight excluding hydrogens is 365 g/mol. The summed E-state index contributed by atoms with van der Waals surface area (Å²) in [6.07, 6.45) is 0. The molecule has 0 N–H and O–H groups in total. The SMILES string of the molecule is N#Cc1c(Br)cccc1Oc1cc(Br)ccc1F. The first-order chi connectivity index (χ1) is 8.61. The summed E-state index contributed by atoms with van der Waals surface area (Å²) in [5.74, 6) is -0.107. The summed E-state index contributed by atoms with van der Waals surface area (Å²) in [5.41, 5.74) is 0.330. The van der Waals surface area contributed by atoms with E-state index in [-0.39, 0.29) is 5.75 Å². The number of rotatable bonds is 2. The van der Waals surface area contributed by atoms with Gasteiger partial charge in [0.05, 0.1) is 0 Å². The molecule has 18 heavy (non-hydrogen) atoms. The third kappa shape index (κ3) is 2.71. The number of hydrogen-bond donors (Lipinski definition) is 0. The monoisotopic (exact) mass is 369 g/mol. The normalized spacial score (nSPS) is 9.89. The molecule has 0 aliphatic rings. The van der Waals surface area contributed by atoms with Gasteiger partial charge in [0.25, 0.3) is 0 Å². The van der Waals surface area contributed by atoms with Crippen LogP contribution in [0.1, 0.15) is 5.56 Å². The van der Waals surface area contributed by atoms with Crippen LogP contribution >= 0.6 is 31.9 Å². The van der Waals surface area contributed by atoms with Gasteiger partial charge in [0.1, 0.15) is 17.4 Å². The zero-order valence-corrected chi connectivity index (χ0v) is 12.1. The third-order valence-corrected chi connectivity index (χ3v) is 3.35. The van der Waals surface area contributed by atoms with Crippen LogP contribution in [-0.2, 0) is 0 Å². The van der Waals surface area contributed by atoms with Gasteiger partial charge < -0.3 is 4.74 Å². The zero-order valence-electron chi connectivity index (χ0n) is 8.95. The number of halogens is 3. The second-order valence-electron chi connectivity index (χ2n) is 3.40. The largest absolute Gasteiger partial charge is 0.453 e. The first-order valence-electron chi connectivity index (χ1n) is 4.93. The van der Waals surface area contributed by atoms with Crippen molar-refractivity contribution >= 4 is 31.9 Å². The predicted octanol–water partition coefficient (Wildman–Crippen LogP) is 5.01. The standard InChI is InChI=1S/C13H6Br2FNO/c14-8-4-5-11(16)13(6-8)18-12-3-1-2-10(15)9(12)7-17/h1-6H. The maximum Gasteiger partial charge on any atom is 0.165 e. The molecule has 0 unspecified atom stereocenters. The summed E-state index contributed by atoms with van der Waals surface area (Å²) in [6, 6.07) is 11.5. The fraction of sp³-hybridized carbons (Fsp3) is 0. The second kappa shape index (κ2) is 5.51. The summed E-state index contributed by atoms with van der Waals surface area (Å²) >= 11 is 6.49. The molecule has 0 fully saturated rings. The summed E-state index contributed by atoms with van der Waals surface area (Å²) in [6.45, 7) is 0. The van der Waals surface area contributed by atoms with E-state index < -0.39 is 5.82 Å². The quantitative estimate of drug-likeness (QED) is 0.743. The number of ether oxygens (including phenoxy) is 1. The lowest BCUT2D eigenvalue weighted by molar-refractivity contribution is 0.440. The van der Waals surface area contributed by atoms with E-state index in [0.29, 0.717) is 20.3 Å². The molecule has 0 bridgehead atoms. The van der Waals surface area contributed by atoms with Crippen molar-refractivity contribution in [3.63, 3.8) is 0 Å². The van der Waals surface area contributed by atoms with Gasteiger partial charge >= 0.3 is 0 Å². The Morgan fingerprint density at radius 3 is 2.61 bits per heavy atom. The summed E-state index contributed by atoms with van der Waals surface area (Å²) in [7, 11) is 0. The molecule has 0 aliphatic carbocycles. The van der Waals surface area contributed by atoms with Crippen LogP contribution in [-0.4, -0.2) is 0 Å². The molecule has 2 aromatic carbocycles. The van der Waals surface area contributed by atoms with Crippen molar-refractivity contribution in [3.05, 3.63) is 56.7 Å². The minimum absolute atomic E-state index is 0.0685. The van der Waals surface area contributed by atoms with Gasteiger partial charge in [-0.1, -0.05) is 22.0 Å². The lowest BCUT2D eigenvalue weighted by atomic mass is 10.2. The van der Waals surface area contributed by atoms with Gasteiger partial charge in [0.2, 0.25) is 0 Å². The van der Waals surface area contributed by atoms with E-state index in [1.165, 1.54) is 12.1 Å². The number of nitriles is 1. The van der Waals surface area contributed by atoms with Crippen molar-refractivity contribution in [1.82, 2.24) is 0 Å². The van der Waals surface area contributed by atoms with E-state index in [0.717, 1.165) is 0 Å². The van der Waals surface area contributed by atoms with Crippen molar-refractivity contribution in [2.24, 2.45) is 0 Å². The Morgan fingerprint density at radius 1 is 1.11 bits per heavy atom. The average molecular weight is 371 g/mol. The first-order valence-corrected chi connectivity index (χ1v) is 6.52.